The van der Waals surface area contributed by atoms with E-state index in [0.29, 0.717) is 17.1 Å². The van der Waals surface area contributed by atoms with E-state index in [9.17, 15) is 17.6 Å². The largest absolute Gasteiger partial charge is 0.298 e. The van der Waals surface area contributed by atoms with Gasteiger partial charge in [-0.2, -0.15) is 0 Å². The van der Waals surface area contributed by atoms with E-state index in [1.807, 2.05) is 6.92 Å². The quantitative estimate of drug-likeness (QED) is 0.555. The van der Waals surface area contributed by atoms with Gasteiger partial charge in [-0.3, -0.25) is 10.1 Å². The highest BCUT2D eigenvalue weighted by Crippen LogP contribution is 2.27. The molecule has 1 fully saturated rings. The van der Waals surface area contributed by atoms with Gasteiger partial charge in [0, 0.05) is 22.9 Å². The van der Waals surface area contributed by atoms with Gasteiger partial charge >= 0.3 is 0 Å². The van der Waals surface area contributed by atoms with Crippen LogP contribution in [-0.2, 0) is 16.4 Å². The number of aryl methyl sites for hydroxylation is 2. The van der Waals surface area contributed by atoms with Gasteiger partial charge in [0.1, 0.15) is 5.82 Å². The van der Waals surface area contributed by atoms with E-state index in [0.717, 1.165) is 29.0 Å². The molecule has 0 aliphatic heterocycles. The number of anilines is 1. The number of carbonyl (C=O) groups excluding carboxylic acids is 1. The molecule has 1 saturated carbocycles. The van der Waals surface area contributed by atoms with E-state index in [1.54, 1.807) is 25.1 Å². The number of benzene rings is 2. The average molecular weight is 460 g/mol. The molecular formula is C22H22FN3O3S2. The van der Waals surface area contributed by atoms with Crippen LogP contribution in [0.4, 0.5) is 9.52 Å². The third-order valence-electron chi connectivity index (χ3n) is 5.05. The molecule has 31 heavy (non-hydrogen) atoms. The highest BCUT2D eigenvalue weighted by Gasteiger charge is 2.28. The SMILES string of the molecule is Cc1ccc(S(=O)(=O)NC2CC2)cc1C(=O)Nc1nc(C)c(Cc2ccc(F)cc2)s1. The van der Waals surface area contributed by atoms with E-state index in [2.05, 4.69) is 15.0 Å². The van der Waals surface area contributed by atoms with E-state index < -0.39 is 15.9 Å². The van der Waals surface area contributed by atoms with Gasteiger partial charge in [0.2, 0.25) is 10.0 Å². The number of thiazole rings is 1. The fourth-order valence-corrected chi connectivity index (χ4v) is 5.42. The Bertz CT molecular complexity index is 1230. The molecule has 0 saturated heterocycles. The molecule has 2 aromatic carbocycles. The number of halogens is 1. The smallest absolute Gasteiger partial charge is 0.257 e. The summed E-state index contributed by atoms with van der Waals surface area (Å²) in [6, 6.07) is 10.8. The van der Waals surface area contributed by atoms with Gasteiger partial charge in [-0.25, -0.2) is 22.5 Å². The first-order valence-corrected chi connectivity index (χ1v) is 12.2. The fraction of sp³-hybridized carbons (Fsp3) is 0.273. The van der Waals surface area contributed by atoms with Gasteiger partial charge in [0.15, 0.2) is 5.13 Å². The molecule has 1 amide bonds. The molecule has 0 radical (unpaired) electrons. The molecule has 0 spiro atoms. The Labute approximate surface area is 184 Å². The van der Waals surface area contributed by atoms with Crippen molar-refractivity contribution in [2.24, 2.45) is 0 Å². The topological polar surface area (TPSA) is 88.2 Å². The van der Waals surface area contributed by atoms with Crippen molar-refractivity contribution in [3.8, 4) is 0 Å². The summed E-state index contributed by atoms with van der Waals surface area (Å²) in [5.74, 6) is -0.701. The summed E-state index contributed by atoms with van der Waals surface area (Å²) < 4.78 is 40.7. The van der Waals surface area contributed by atoms with Crippen LogP contribution in [0, 0.1) is 19.7 Å². The summed E-state index contributed by atoms with van der Waals surface area (Å²) in [6.07, 6.45) is 2.25. The highest BCUT2D eigenvalue weighted by atomic mass is 32.2. The van der Waals surface area contributed by atoms with Crippen LogP contribution in [0.2, 0.25) is 0 Å². The Hall–Kier alpha value is -2.62. The van der Waals surface area contributed by atoms with Crippen LogP contribution in [0.15, 0.2) is 47.4 Å². The van der Waals surface area contributed by atoms with Crippen LogP contribution in [-0.4, -0.2) is 25.4 Å². The lowest BCUT2D eigenvalue weighted by atomic mass is 10.1. The number of hydrogen-bond acceptors (Lipinski definition) is 5. The number of rotatable bonds is 7. The number of amides is 1. The van der Waals surface area contributed by atoms with Gasteiger partial charge in [-0.05, 0) is 62.1 Å². The summed E-state index contributed by atoms with van der Waals surface area (Å²) in [5.41, 5.74) is 2.68. The molecule has 1 aliphatic carbocycles. The first-order valence-electron chi connectivity index (χ1n) is 9.86. The highest BCUT2D eigenvalue weighted by molar-refractivity contribution is 7.89. The molecule has 6 nitrogen and oxygen atoms in total. The van der Waals surface area contributed by atoms with Crippen molar-refractivity contribution < 1.29 is 17.6 Å². The van der Waals surface area contributed by atoms with Crippen molar-refractivity contribution >= 4 is 32.4 Å². The molecule has 2 N–H and O–H groups in total. The molecule has 1 heterocycles. The van der Waals surface area contributed by atoms with Crippen LogP contribution in [0.5, 0.6) is 0 Å². The van der Waals surface area contributed by atoms with Crippen molar-refractivity contribution in [2.75, 3.05) is 5.32 Å². The summed E-state index contributed by atoms with van der Waals surface area (Å²) in [7, 11) is -3.65. The zero-order valence-electron chi connectivity index (χ0n) is 17.1. The fourth-order valence-electron chi connectivity index (χ4n) is 3.10. The van der Waals surface area contributed by atoms with E-state index >= 15 is 0 Å². The van der Waals surface area contributed by atoms with Crippen LogP contribution in [0.25, 0.3) is 0 Å². The van der Waals surface area contributed by atoms with Crippen LogP contribution < -0.4 is 10.0 Å². The summed E-state index contributed by atoms with van der Waals surface area (Å²) >= 11 is 1.35. The first kappa shape index (κ1) is 21.6. The Morgan fingerprint density at radius 2 is 1.87 bits per heavy atom. The number of sulfonamides is 1. The standard InChI is InChI=1S/C22H22FN3O3S2/c1-13-3-10-18(31(28,29)26-17-8-9-17)12-19(13)21(27)25-22-24-14(2)20(30-22)11-15-4-6-16(23)7-5-15/h3-7,10,12,17,26H,8-9,11H2,1-2H3,(H,24,25,27). The minimum Gasteiger partial charge on any atom is -0.298 e. The van der Waals surface area contributed by atoms with Crippen LogP contribution in [0.1, 0.15) is 44.9 Å². The first-order chi connectivity index (χ1) is 14.7. The Morgan fingerprint density at radius 3 is 2.55 bits per heavy atom. The molecule has 1 aliphatic rings. The number of nitrogens with zero attached hydrogens (tertiary/aromatic N) is 1. The molecule has 3 aromatic rings. The lowest BCUT2D eigenvalue weighted by Crippen LogP contribution is -2.26. The second-order valence-corrected chi connectivity index (χ2v) is 10.5. The monoisotopic (exact) mass is 459 g/mol. The van der Waals surface area contributed by atoms with Gasteiger partial charge in [-0.15, -0.1) is 11.3 Å². The van der Waals surface area contributed by atoms with Crippen molar-refractivity contribution in [1.29, 1.82) is 0 Å². The van der Waals surface area contributed by atoms with Crippen molar-refractivity contribution in [2.45, 2.75) is 44.0 Å². The predicted octanol–water partition coefficient (Wildman–Crippen LogP) is 4.18. The van der Waals surface area contributed by atoms with E-state index in [-0.39, 0.29) is 22.3 Å². The zero-order valence-corrected chi connectivity index (χ0v) is 18.7. The molecule has 0 atom stereocenters. The summed E-state index contributed by atoms with van der Waals surface area (Å²) in [5, 5.41) is 3.21. The second kappa shape index (κ2) is 8.49. The summed E-state index contributed by atoms with van der Waals surface area (Å²) in [4.78, 5) is 18.3. The lowest BCUT2D eigenvalue weighted by Gasteiger charge is -2.10. The third kappa shape index (κ3) is 5.17. The second-order valence-electron chi connectivity index (χ2n) is 7.66. The van der Waals surface area contributed by atoms with Crippen LogP contribution >= 0.6 is 11.3 Å². The molecule has 1 aromatic heterocycles. The van der Waals surface area contributed by atoms with Gasteiger partial charge < -0.3 is 0 Å². The van der Waals surface area contributed by atoms with Crippen molar-refractivity contribution in [3.05, 3.63) is 75.5 Å². The summed E-state index contributed by atoms with van der Waals surface area (Å²) in [6.45, 7) is 3.61. The predicted molar refractivity (Wildman–Crippen MR) is 119 cm³/mol. The van der Waals surface area contributed by atoms with Crippen molar-refractivity contribution in [1.82, 2.24) is 9.71 Å². The van der Waals surface area contributed by atoms with E-state index in [1.165, 1.54) is 35.6 Å². The number of carbonyl (C=O) groups is 1. The minimum absolute atomic E-state index is 0.0126. The molecule has 0 unspecified atom stereocenters. The molecular weight excluding hydrogens is 437 g/mol. The third-order valence-corrected chi connectivity index (χ3v) is 7.65. The normalized spacial score (nSPS) is 13.9. The molecule has 4 rings (SSSR count). The van der Waals surface area contributed by atoms with Gasteiger partial charge in [0.05, 0.1) is 10.6 Å². The Balaban J connectivity index is 1.51. The number of nitrogens with one attached hydrogen (secondary N) is 2. The molecule has 162 valence electrons. The molecule has 9 heteroatoms. The Kier molecular flexibility index (Phi) is 5.92. The maximum atomic E-state index is 13.1. The van der Waals surface area contributed by atoms with Gasteiger partial charge in [0.25, 0.3) is 5.91 Å². The zero-order chi connectivity index (χ0) is 22.2. The van der Waals surface area contributed by atoms with Gasteiger partial charge in [-0.1, -0.05) is 18.2 Å². The van der Waals surface area contributed by atoms with Crippen molar-refractivity contribution in [3.63, 3.8) is 0 Å². The minimum atomic E-state index is -3.65. The molecule has 0 bridgehead atoms. The lowest BCUT2D eigenvalue weighted by molar-refractivity contribution is 0.102. The Morgan fingerprint density at radius 1 is 1.16 bits per heavy atom. The average Bonchev–Trinajstić information content (AvgIpc) is 3.45. The number of hydrogen-bond donors (Lipinski definition) is 2. The number of aromatic nitrogens is 1. The van der Waals surface area contributed by atoms with Crippen LogP contribution in [0.3, 0.4) is 0 Å². The maximum absolute atomic E-state index is 13.1. The maximum Gasteiger partial charge on any atom is 0.257 e. The van der Waals surface area contributed by atoms with E-state index in [4.69, 9.17) is 0 Å².